The van der Waals surface area contributed by atoms with Gasteiger partial charge in [-0.15, -0.1) is 0 Å². The Morgan fingerprint density at radius 1 is 1.50 bits per heavy atom. The molecule has 1 aromatic carbocycles. The van der Waals surface area contributed by atoms with Gasteiger partial charge in [-0.2, -0.15) is 0 Å². The van der Waals surface area contributed by atoms with Crippen molar-refractivity contribution in [3.63, 3.8) is 0 Å². The standard InChI is InChI=1S/C12H16BrFN2O2/c1-18-12-9(13)6-10(14)8(11(12)17)7-16-4-2-15-3-5-16/h6,15,17H,2-5,7H2,1H3. The van der Waals surface area contributed by atoms with Gasteiger partial charge in [-0.05, 0) is 22.0 Å². The lowest BCUT2D eigenvalue weighted by Gasteiger charge is -2.27. The topological polar surface area (TPSA) is 44.7 Å². The first kappa shape index (κ1) is 13.6. The fourth-order valence-corrected chi connectivity index (χ4v) is 2.62. The van der Waals surface area contributed by atoms with Crippen LogP contribution < -0.4 is 10.1 Å². The van der Waals surface area contributed by atoms with E-state index in [1.54, 1.807) is 0 Å². The number of methoxy groups -OCH3 is 1. The molecule has 1 aromatic rings. The third kappa shape index (κ3) is 2.76. The molecule has 2 N–H and O–H groups in total. The maximum absolute atomic E-state index is 13.9. The van der Waals surface area contributed by atoms with E-state index in [1.807, 2.05) is 0 Å². The molecule has 0 radical (unpaired) electrons. The minimum atomic E-state index is -0.418. The second-order valence-electron chi connectivity index (χ2n) is 4.23. The van der Waals surface area contributed by atoms with Crippen LogP contribution in [0.25, 0.3) is 0 Å². The second-order valence-corrected chi connectivity index (χ2v) is 5.08. The van der Waals surface area contributed by atoms with Crippen molar-refractivity contribution in [3.8, 4) is 11.5 Å². The molecule has 4 nitrogen and oxygen atoms in total. The Morgan fingerprint density at radius 2 is 2.17 bits per heavy atom. The van der Waals surface area contributed by atoms with Crippen molar-refractivity contribution < 1.29 is 14.2 Å². The molecule has 1 heterocycles. The van der Waals surface area contributed by atoms with Crippen LogP contribution in [-0.4, -0.2) is 43.3 Å². The molecule has 1 saturated heterocycles. The third-order valence-corrected chi connectivity index (χ3v) is 3.64. The van der Waals surface area contributed by atoms with Gasteiger partial charge < -0.3 is 15.2 Å². The van der Waals surface area contributed by atoms with E-state index in [-0.39, 0.29) is 17.1 Å². The Balaban J connectivity index is 2.26. The summed E-state index contributed by atoms with van der Waals surface area (Å²) in [5.41, 5.74) is 0.289. The van der Waals surface area contributed by atoms with E-state index in [2.05, 4.69) is 26.1 Å². The summed E-state index contributed by atoms with van der Waals surface area (Å²) in [4.78, 5) is 2.10. The lowest BCUT2D eigenvalue weighted by Crippen LogP contribution is -2.43. The summed E-state index contributed by atoms with van der Waals surface area (Å²) in [7, 11) is 1.45. The van der Waals surface area contributed by atoms with E-state index < -0.39 is 5.82 Å². The largest absolute Gasteiger partial charge is 0.504 e. The minimum Gasteiger partial charge on any atom is -0.504 e. The van der Waals surface area contributed by atoms with Crippen molar-refractivity contribution in [2.45, 2.75) is 6.54 Å². The number of hydrogen-bond donors (Lipinski definition) is 2. The van der Waals surface area contributed by atoms with Gasteiger partial charge in [-0.1, -0.05) is 0 Å². The fraction of sp³-hybridized carbons (Fsp3) is 0.500. The molecular formula is C12H16BrFN2O2. The van der Waals surface area contributed by atoms with Crippen LogP contribution in [0.2, 0.25) is 0 Å². The number of nitrogens with zero attached hydrogens (tertiary/aromatic N) is 1. The molecule has 18 heavy (non-hydrogen) atoms. The van der Waals surface area contributed by atoms with Crippen LogP contribution in [0.15, 0.2) is 10.5 Å². The van der Waals surface area contributed by atoms with Crippen LogP contribution in [0.1, 0.15) is 5.56 Å². The molecular weight excluding hydrogens is 303 g/mol. The Morgan fingerprint density at radius 3 is 2.78 bits per heavy atom. The zero-order valence-electron chi connectivity index (χ0n) is 10.2. The van der Waals surface area contributed by atoms with Gasteiger partial charge in [0.2, 0.25) is 0 Å². The summed E-state index contributed by atoms with van der Waals surface area (Å²) in [5, 5.41) is 13.3. The van der Waals surface area contributed by atoms with E-state index in [0.29, 0.717) is 11.0 Å². The number of nitrogens with one attached hydrogen (secondary N) is 1. The van der Waals surface area contributed by atoms with E-state index in [9.17, 15) is 9.50 Å². The van der Waals surface area contributed by atoms with Crippen LogP contribution in [0, 0.1) is 5.82 Å². The highest BCUT2D eigenvalue weighted by molar-refractivity contribution is 9.10. The first-order valence-corrected chi connectivity index (χ1v) is 6.59. The zero-order chi connectivity index (χ0) is 13.1. The summed E-state index contributed by atoms with van der Waals surface area (Å²) in [6, 6.07) is 1.33. The molecule has 0 amide bonds. The number of piperazine rings is 1. The molecule has 0 atom stereocenters. The first-order valence-electron chi connectivity index (χ1n) is 5.80. The highest BCUT2D eigenvalue weighted by Gasteiger charge is 2.20. The average Bonchev–Trinajstić information content (AvgIpc) is 2.36. The number of hydrogen-bond acceptors (Lipinski definition) is 4. The van der Waals surface area contributed by atoms with Crippen molar-refractivity contribution in [2.24, 2.45) is 0 Å². The lowest BCUT2D eigenvalue weighted by molar-refractivity contribution is 0.226. The molecule has 0 bridgehead atoms. The van der Waals surface area contributed by atoms with Crippen LogP contribution in [0.4, 0.5) is 4.39 Å². The zero-order valence-corrected chi connectivity index (χ0v) is 11.8. The van der Waals surface area contributed by atoms with E-state index in [4.69, 9.17) is 4.74 Å². The van der Waals surface area contributed by atoms with Crippen molar-refractivity contribution >= 4 is 15.9 Å². The highest BCUT2D eigenvalue weighted by Crippen LogP contribution is 2.39. The molecule has 0 aromatic heterocycles. The normalized spacial score (nSPS) is 16.8. The highest BCUT2D eigenvalue weighted by atomic mass is 79.9. The van der Waals surface area contributed by atoms with Gasteiger partial charge >= 0.3 is 0 Å². The molecule has 0 spiro atoms. The molecule has 0 saturated carbocycles. The summed E-state index contributed by atoms with van der Waals surface area (Å²) in [5.74, 6) is -0.261. The maximum Gasteiger partial charge on any atom is 0.175 e. The van der Waals surface area contributed by atoms with E-state index in [1.165, 1.54) is 13.2 Å². The monoisotopic (exact) mass is 318 g/mol. The Labute approximate surface area is 114 Å². The van der Waals surface area contributed by atoms with Crippen LogP contribution in [0.3, 0.4) is 0 Å². The van der Waals surface area contributed by atoms with Crippen LogP contribution in [0.5, 0.6) is 11.5 Å². The first-order chi connectivity index (χ1) is 8.63. The number of benzene rings is 1. The lowest BCUT2D eigenvalue weighted by atomic mass is 10.1. The molecule has 0 unspecified atom stereocenters. The Bertz CT molecular complexity index is 437. The fourth-order valence-electron chi connectivity index (χ4n) is 2.06. The molecule has 100 valence electrons. The average molecular weight is 319 g/mol. The second kappa shape index (κ2) is 5.86. The molecule has 0 aliphatic carbocycles. The predicted octanol–water partition coefficient (Wildman–Crippen LogP) is 1.71. The molecule has 1 aliphatic heterocycles. The minimum absolute atomic E-state index is 0.122. The summed E-state index contributed by atoms with van der Waals surface area (Å²) in [6.45, 7) is 3.85. The van der Waals surface area contributed by atoms with Gasteiger partial charge in [-0.3, -0.25) is 4.90 Å². The van der Waals surface area contributed by atoms with Crippen molar-refractivity contribution in [1.82, 2.24) is 10.2 Å². The van der Waals surface area contributed by atoms with Gasteiger partial charge in [-0.25, -0.2) is 4.39 Å². The number of phenols is 1. The molecule has 2 rings (SSSR count). The quantitative estimate of drug-likeness (QED) is 0.890. The van der Waals surface area contributed by atoms with Crippen molar-refractivity contribution in [1.29, 1.82) is 0 Å². The number of halogens is 2. The van der Waals surface area contributed by atoms with Crippen LogP contribution in [-0.2, 0) is 6.54 Å². The van der Waals surface area contributed by atoms with Crippen molar-refractivity contribution in [3.05, 3.63) is 21.9 Å². The van der Waals surface area contributed by atoms with Gasteiger partial charge in [0.25, 0.3) is 0 Å². The van der Waals surface area contributed by atoms with Crippen LogP contribution >= 0.6 is 15.9 Å². The molecule has 6 heteroatoms. The third-order valence-electron chi connectivity index (χ3n) is 3.06. The van der Waals surface area contributed by atoms with Gasteiger partial charge in [0.1, 0.15) is 5.82 Å². The number of ether oxygens (including phenoxy) is 1. The summed E-state index contributed by atoms with van der Waals surface area (Å²) < 4.78 is 19.4. The molecule has 1 aliphatic rings. The molecule has 1 fully saturated rings. The summed E-state index contributed by atoms with van der Waals surface area (Å²) >= 11 is 3.17. The van der Waals surface area contributed by atoms with Gasteiger partial charge in [0, 0.05) is 38.3 Å². The number of rotatable bonds is 3. The summed E-state index contributed by atoms with van der Waals surface area (Å²) in [6.07, 6.45) is 0. The number of phenolic OH excluding ortho intramolecular Hbond substituents is 1. The predicted molar refractivity (Wildman–Crippen MR) is 70.5 cm³/mol. The Kier molecular flexibility index (Phi) is 4.42. The SMILES string of the molecule is COc1c(Br)cc(F)c(CN2CCNCC2)c1O. The maximum atomic E-state index is 13.9. The van der Waals surface area contributed by atoms with E-state index >= 15 is 0 Å². The Hall–Kier alpha value is -0.850. The van der Waals surface area contributed by atoms with Crippen molar-refractivity contribution in [2.75, 3.05) is 33.3 Å². The van der Waals surface area contributed by atoms with Gasteiger partial charge in [0.05, 0.1) is 11.6 Å². The number of aromatic hydroxyl groups is 1. The van der Waals surface area contributed by atoms with Gasteiger partial charge in [0.15, 0.2) is 11.5 Å². The smallest absolute Gasteiger partial charge is 0.175 e. The van der Waals surface area contributed by atoms with E-state index in [0.717, 1.165) is 26.2 Å².